The standard InChI is InChI=1S/C20H22N10/c1-2-15-19-27-25-12-29(19)16-11-22-20(26-18(16)30(15)14-5-3-4-6-14)28-8-7-21-17(28)13-9-23-24-10-13/h7-12,14-15H,2-6H2,1H3,(H,23,24)/t15-/m1/s1. The van der Waals surface area contributed by atoms with Crippen LogP contribution in [0, 0.1) is 0 Å². The fourth-order valence-corrected chi connectivity index (χ4v) is 4.80. The van der Waals surface area contributed by atoms with Crippen molar-refractivity contribution in [2.24, 2.45) is 0 Å². The van der Waals surface area contributed by atoms with Gasteiger partial charge in [0.2, 0.25) is 5.95 Å². The Morgan fingerprint density at radius 3 is 2.83 bits per heavy atom. The van der Waals surface area contributed by atoms with E-state index in [9.17, 15) is 0 Å². The van der Waals surface area contributed by atoms with Crippen molar-refractivity contribution in [3.63, 3.8) is 0 Å². The molecule has 1 fully saturated rings. The van der Waals surface area contributed by atoms with Gasteiger partial charge in [0.05, 0.1) is 24.0 Å². The van der Waals surface area contributed by atoms with Gasteiger partial charge in [0.1, 0.15) is 17.8 Å². The molecular weight excluding hydrogens is 380 g/mol. The summed E-state index contributed by atoms with van der Waals surface area (Å²) in [5.41, 5.74) is 1.82. The second-order valence-electron chi connectivity index (χ2n) is 7.82. The zero-order valence-electron chi connectivity index (χ0n) is 16.7. The molecule has 4 aromatic heterocycles. The Morgan fingerprint density at radius 1 is 1.13 bits per heavy atom. The number of anilines is 1. The smallest absolute Gasteiger partial charge is 0.237 e. The summed E-state index contributed by atoms with van der Waals surface area (Å²) in [6.07, 6.45) is 16.6. The molecule has 4 aromatic rings. The molecule has 152 valence electrons. The monoisotopic (exact) mass is 402 g/mol. The molecule has 1 aliphatic heterocycles. The summed E-state index contributed by atoms with van der Waals surface area (Å²) in [5, 5.41) is 15.5. The highest BCUT2D eigenvalue weighted by atomic mass is 15.4. The second kappa shape index (κ2) is 6.75. The molecule has 0 radical (unpaired) electrons. The van der Waals surface area contributed by atoms with Crippen LogP contribution in [0.3, 0.4) is 0 Å². The summed E-state index contributed by atoms with van der Waals surface area (Å²) in [5.74, 6) is 3.26. The van der Waals surface area contributed by atoms with Crippen LogP contribution in [-0.2, 0) is 0 Å². The van der Waals surface area contributed by atoms with Crippen molar-refractivity contribution < 1.29 is 0 Å². The molecule has 1 aliphatic carbocycles. The van der Waals surface area contributed by atoms with Crippen molar-refractivity contribution in [1.29, 1.82) is 0 Å². The third-order valence-corrected chi connectivity index (χ3v) is 6.17. The minimum Gasteiger partial charge on any atom is -0.341 e. The Kier molecular flexibility index (Phi) is 3.90. The zero-order valence-corrected chi connectivity index (χ0v) is 16.7. The van der Waals surface area contributed by atoms with Crippen molar-refractivity contribution in [3.8, 4) is 23.0 Å². The molecular formula is C20H22N10. The van der Waals surface area contributed by atoms with Gasteiger partial charge in [-0.15, -0.1) is 10.2 Å². The number of hydrogen-bond acceptors (Lipinski definition) is 7. The highest BCUT2D eigenvalue weighted by Crippen LogP contribution is 2.42. The summed E-state index contributed by atoms with van der Waals surface area (Å²) >= 11 is 0. The van der Waals surface area contributed by atoms with Gasteiger partial charge in [0.15, 0.2) is 11.6 Å². The molecule has 0 spiro atoms. The predicted molar refractivity (Wildman–Crippen MR) is 109 cm³/mol. The number of aromatic nitrogens is 9. The molecule has 0 aromatic carbocycles. The van der Waals surface area contributed by atoms with Crippen LogP contribution in [0.4, 0.5) is 5.82 Å². The molecule has 2 aliphatic rings. The van der Waals surface area contributed by atoms with Gasteiger partial charge in [-0.3, -0.25) is 14.2 Å². The van der Waals surface area contributed by atoms with E-state index in [2.05, 4.69) is 42.2 Å². The molecule has 1 saturated carbocycles. The van der Waals surface area contributed by atoms with Crippen molar-refractivity contribution in [1.82, 2.24) is 44.5 Å². The lowest BCUT2D eigenvalue weighted by atomic mass is 10.0. The third kappa shape index (κ3) is 2.49. The first-order chi connectivity index (χ1) is 14.8. The van der Waals surface area contributed by atoms with E-state index in [1.165, 1.54) is 25.7 Å². The lowest BCUT2D eigenvalue weighted by Crippen LogP contribution is -2.42. The van der Waals surface area contributed by atoms with Crippen LogP contribution in [0.5, 0.6) is 0 Å². The molecule has 6 rings (SSSR count). The summed E-state index contributed by atoms with van der Waals surface area (Å²) in [4.78, 5) is 16.7. The van der Waals surface area contributed by atoms with Crippen LogP contribution in [0.1, 0.15) is 50.9 Å². The SMILES string of the molecule is CC[C@@H]1c2nncn2-c2cnc(-n3ccnc3-c3cn[nH]c3)nc2N1C1CCCC1. The van der Waals surface area contributed by atoms with Crippen LogP contribution >= 0.6 is 0 Å². The van der Waals surface area contributed by atoms with Crippen molar-refractivity contribution in [2.75, 3.05) is 4.90 Å². The minimum absolute atomic E-state index is 0.155. The maximum absolute atomic E-state index is 5.06. The van der Waals surface area contributed by atoms with Crippen LogP contribution in [0.2, 0.25) is 0 Å². The van der Waals surface area contributed by atoms with Gasteiger partial charge in [-0.2, -0.15) is 10.1 Å². The third-order valence-electron chi connectivity index (χ3n) is 6.17. The molecule has 0 saturated heterocycles. The number of rotatable bonds is 4. The Morgan fingerprint density at radius 2 is 2.03 bits per heavy atom. The summed E-state index contributed by atoms with van der Waals surface area (Å²) < 4.78 is 3.93. The lowest BCUT2D eigenvalue weighted by Gasteiger charge is -2.40. The van der Waals surface area contributed by atoms with E-state index in [1.807, 2.05) is 27.7 Å². The quantitative estimate of drug-likeness (QED) is 0.559. The van der Waals surface area contributed by atoms with Crippen molar-refractivity contribution in [3.05, 3.63) is 43.1 Å². The highest BCUT2D eigenvalue weighted by Gasteiger charge is 2.38. The largest absolute Gasteiger partial charge is 0.341 e. The highest BCUT2D eigenvalue weighted by molar-refractivity contribution is 5.63. The van der Waals surface area contributed by atoms with Crippen molar-refractivity contribution >= 4 is 5.82 Å². The van der Waals surface area contributed by atoms with Gasteiger partial charge >= 0.3 is 0 Å². The van der Waals surface area contributed by atoms with E-state index in [4.69, 9.17) is 4.98 Å². The summed E-state index contributed by atoms with van der Waals surface area (Å²) in [6.45, 7) is 2.20. The zero-order chi connectivity index (χ0) is 20.1. The molecule has 1 N–H and O–H groups in total. The normalized spacial score (nSPS) is 18.6. The van der Waals surface area contributed by atoms with Crippen LogP contribution in [-0.4, -0.2) is 50.5 Å². The Balaban J connectivity index is 1.52. The molecule has 10 nitrogen and oxygen atoms in total. The number of H-pyrrole nitrogens is 1. The topological polar surface area (TPSA) is 106 Å². The van der Waals surface area contributed by atoms with Crippen molar-refractivity contribution in [2.45, 2.75) is 51.1 Å². The molecule has 5 heterocycles. The first-order valence-electron chi connectivity index (χ1n) is 10.4. The van der Waals surface area contributed by atoms with E-state index in [0.29, 0.717) is 12.0 Å². The van der Waals surface area contributed by atoms with Crippen LogP contribution in [0.25, 0.3) is 23.0 Å². The number of nitrogens with zero attached hydrogens (tertiary/aromatic N) is 9. The Labute approximate surface area is 173 Å². The molecule has 1 atom stereocenters. The number of nitrogens with one attached hydrogen (secondary N) is 1. The van der Waals surface area contributed by atoms with Crippen LogP contribution < -0.4 is 4.90 Å². The number of hydrogen-bond donors (Lipinski definition) is 1. The predicted octanol–water partition coefficient (Wildman–Crippen LogP) is 2.85. The molecule has 30 heavy (non-hydrogen) atoms. The first kappa shape index (κ1) is 17.3. The molecule has 10 heteroatoms. The van der Waals surface area contributed by atoms with Gasteiger partial charge in [-0.25, -0.2) is 9.97 Å². The second-order valence-corrected chi connectivity index (χ2v) is 7.82. The minimum atomic E-state index is 0.155. The van der Waals surface area contributed by atoms with Gasteiger partial charge in [0.25, 0.3) is 0 Å². The van der Waals surface area contributed by atoms with E-state index in [1.54, 1.807) is 18.7 Å². The Hall–Kier alpha value is -3.56. The fourth-order valence-electron chi connectivity index (χ4n) is 4.80. The van der Waals surface area contributed by atoms with Gasteiger partial charge in [0, 0.05) is 24.6 Å². The van der Waals surface area contributed by atoms with Gasteiger partial charge in [-0.1, -0.05) is 19.8 Å². The van der Waals surface area contributed by atoms with Gasteiger partial charge < -0.3 is 4.90 Å². The van der Waals surface area contributed by atoms with Gasteiger partial charge in [-0.05, 0) is 19.3 Å². The fraction of sp³-hybridized carbons (Fsp3) is 0.400. The maximum atomic E-state index is 5.06. The average molecular weight is 402 g/mol. The number of imidazole rings is 1. The number of aromatic amines is 1. The number of fused-ring (bicyclic) bond motifs is 3. The van der Waals surface area contributed by atoms with E-state index in [-0.39, 0.29) is 6.04 Å². The molecule has 0 amide bonds. The lowest BCUT2D eigenvalue weighted by molar-refractivity contribution is 0.468. The van der Waals surface area contributed by atoms with E-state index >= 15 is 0 Å². The first-order valence-corrected chi connectivity index (χ1v) is 10.4. The van der Waals surface area contributed by atoms with Crippen LogP contribution in [0.15, 0.2) is 37.3 Å². The summed E-state index contributed by atoms with van der Waals surface area (Å²) in [6, 6.07) is 0.611. The van der Waals surface area contributed by atoms with E-state index in [0.717, 1.165) is 35.1 Å². The average Bonchev–Trinajstić information content (AvgIpc) is 3.57. The molecule has 0 unspecified atom stereocenters. The molecule has 0 bridgehead atoms. The Bertz CT molecular complexity index is 1170. The van der Waals surface area contributed by atoms with E-state index < -0.39 is 0 Å². The summed E-state index contributed by atoms with van der Waals surface area (Å²) in [7, 11) is 0. The maximum Gasteiger partial charge on any atom is 0.237 e.